The van der Waals surface area contributed by atoms with E-state index in [-0.39, 0.29) is 0 Å². The van der Waals surface area contributed by atoms with E-state index < -0.39 is 0 Å². The molecule has 5 nitrogen and oxygen atoms in total. The smallest absolute Gasteiger partial charge is 0.137 e. The molecule has 0 bridgehead atoms. The quantitative estimate of drug-likeness (QED) is 0.653. The second-order valence-electron chi connectivity index (χ2n) is 5.56. The van der Waals surface area contributed by atoms with Gasteiger partial charge in [0.1, 0.15) is 12.1 Å². The summed E-state index contributed by atoms with van der Waals surface area (Å²) in [5.41, 5.74) is 7.35. The number of nitrogens with one attached hydrogen (secondary N) is 1. The predicted molar refractivity (Wildman–Crippen MR) is 85.3 cm³/mol. The van der Waals surface area contributed by atoms with Crippen LogP contribution in [0.2, 0.25) is 0 Å². The maximum absolute atomic E-state index is 5.91. The highest BCUT2D eigenvalue weighted by molar-refractivity contribution is 5.90. The van der Waals surface area contributed by atoms with Gasteiger partial charge >= 0.3 is 0 Å². The molecular formula is C16H22N4O. The van der Waals surface area contributed by atoms with Crippen molar-refractivity contribution < 1.29 is 4.74 Å². The molecule has 5 heteroatoms. The Morgan fingerprint density at radius 2 is 2.05 bits per heavy atom. The van der Waals surface area contributed by atoms with Crippen molar-refractivity contribution >= 4 is 22.4 Å². The van der Waals surface area contributed by atoms with Gasteiger partial charge in [0.05, 0.1) is 18.2 Å². The molecule has 3 rings (SSSR count). The SMILES string of the molecule is Nc1ccc2c(NCCOC3CCCCC3)ncnc2c1. The summed E-state index contributed by atoms with van der Waals surface area (Å²) in [6.07, 6.45) is 8.38. The standard InChI is InChI=1S/C16H22N4O/c17-12-6-7-14-15(10-12)19-11-20-16(14)18-8-9-21-13-4-2-1-3-5-13/h6-7,10-11,13H,1-5,8-9,17H2,(H,18,19,20). The van der Waals surface area contributed by atoms with Crippen molar-refractivity contribution in [3.8, 4) is 0 Å². The van der Waals surface area contributed by atoms with Crippen molar-refractivity contribution in [3.05, 3.63) is 24.5 Å². The summed E-state index contributed by atoms with van der Waals surface area (Å²) in [6.45, 7) is 1.47. The summed E-state index contributed by atoms with van der Waals surface area (Å²) in [5, 5.41) is 4.32. The monoisotopic (exact) mass is 286 g/mol. The molecule has 0 amide bonds. The average Bonchev–Trinajstić information content (AvgIpc) is 2.52. The summed E-state index contributed by atoms with van der Waals surface area (Å²) >= 11 is 0. The normalized spacial score (nSPS) is 16.2. The number of fused-ring (bicyclic) bond motifs is 1. The molecule has 2 aromatic rings. The Morgan fingerprint density at radius 3 is 2.90 bits per heavy atom. The fourth-order valence-electron chi connectivity index (χ4n) is 2.84. The highest BCUT2D eigenvalue weighted by Crippen LogP contribution is 2.22. The molecule has 0 aliphatic heterocycles. The minimum Gasteiger partial charge on any atom is -0.399 e. The van der Waals surface area contributed by atoms with Crippen LogP contribution in [0.1, 0.15) is 32.1 Å². The Hall–Kier alpha value is -1.88. The number of aromatic nitrogens is 2. The highest BCUT2D eigenvalue weighted by Gasteiger charge is 2.13. The minimum absolute atomic E-state index is 0.447. The Bertz CT molecular complexity index is 596. The maximum atomic E-state index is 5.91. The van der Waals surface area contributed by atoms with Crippen molar-refractivity contribution in [2.24, 2.45) is 0 Å². The van der Waals surface area contributed by atoms with Crippen LogP contribution >= 0.6 is 0 Å². The van der Waals surface area contributed by atoms with Crippen LogP contribution in [0, 0.1) is 0 Å². The lowest BCUT2D eigenvalue weighted by Crippen LogP contribution is -2.20. The van der Waals surface area contributed by atoms with Gasteiger partial charge in [-0.3, -0.25) is 0 Å². The molecule has 21 heavy (non-hydrogen) atoms. The third kappa shape index (κ3) is 3.61. The van der Waals surface area contributed by atoms with Crippen LogP contribution in [0.4, 0.5) is 11.5 Å². The van der Waals surface area contributed by atoms with E-state index in [1.54, 1.807) is 6.33 Å². The number of hydrogen-bond donors (Lipinski definition) is 2. The zero-order chi connectivity index (χ0) is 14.5. The van der Waals surface area contributed by atoms with Crippen molar-refractivity contribution in [2.75, 3.05) is 24.2 Å². The van der Waals surface area contributed by atoms with Gasteiger partial charge in [0.25, 0.3) is 0 Å². The summed E-state index contributed by atoms with van der Waals surface area (Å²) in [7, 11) is 0. The molecular weight excluding hydrogens is 264 g/mol. The molecule has 1 aromatic carbocycles. The topological polar surface area (TPSA) is 73.1 Å². The molecule has 1 saturated carbocycles. The van der Waals surface area contributed by atoms with Crippen molar-refractivity contribution in [1.82, 2.24) is 9.97 Å². The summed E-state index contributed by atoms with van der Waals surface area (Å²) in [4.78, 5) is 8.54. The second-order valence-corrected chi connectivity index (χ2v) is 5.56. The fourth-order valence-corrected chi connectivity index (χ4v) is 2.84. The Morgan fingerprint density at radius 1 is 1.19 bits per heavy atom. The predicted octanol–water partition coefficient (Wildman–Crippen LogP) is 2.97. The van der Waals surface area contributed by atoms with Gasteiger partial charge in [0.2, 0.25) is 0 Å². The van der Waals surface area contributed by atoms with Gasteiger partial charge in [-0.1, -0.05) is 19.3 Å². The van der Waals surface area contributed by atoms with E-state index in [2.05, 4.69) is 15.3 Å². The Balaban J connectivity index is 1.55. The molecule has 0 radical (unpaired) electrons. The van der Waals surface area contributed by atoms with E-state index >= 15 is 0 Å². The summed E-state index contributed by atoms with van der Waals surface area (Å²) in [5.74, 6) is 0.840. The summed E-state index contributed by atoms with van der Waals surface area (Å²) in [6, 6.07) is 5.69. The van der Waals surface area contributed by atoms with Crippen LogP contribution in [-0.2, 0) is 4.74 Å². The number of nitrogens with two attached hydrogens (primary N) is 1. The van der Waals surface area contributed by atoms with E-state index in [0.29, 0.717) is 18.4 Å². The Kier molecular flexibility index (Phi) is 4.50. The van der Waals surface area contributed by atoms with Gasteiger partial charge in [-0.25, -0.2) is 9.97 Å². The van der Waals surface area contributed by atoms with Crippen molar-refractivity contribution in [3.63, 3.8) is 0 Å². The first-order chi connectivity index (χ1) is 10.3. The van der Waals surface area contributed by atoms with Crippen LogP contribution in [0.25, 0.3) is 10.9 Å². The lowest BCUT2D eigenvalue weighted by molar-refractivity contribution is 0.0347. The van der Waals surface area contributed by atoms with E-state index in [1.165, 1.54) is 32.1 Å². The number of benzene rings is 1. The molecule has 1 heterocycles. The number of anilines is 2. The number of hydrogen-bond acceptors (Lipinski definition) is 5. The minimum atomic E-state index is 0.447. The molecule has 0 unspecified atom stereocenters. The van der Waals surface area contributed by atoms with E-state index in [9.17, 15) is 0 Å². The molecule has 1 aliphatic carbocycles. The van der Waals surface area contributed by atoms with Gasteiger partial charge in [0, 0.05) is 17.6 Å². The molecule has 3 N–H and O–H groups in total. The highest BCUT2D eigenvalue weighted by atomic mass is 16.5. The number of nitrogens with zero attached hydrogens (tertiary/aromatic N) is 2. The van der Waals surface area contributed by atoms with Crippen LogP contribution in [0.5, 0.6) is 0 Å². The van der Waals surface area contributed by atoms with Gasteiger partial charge in [-0.2, -0.15) is 0 Å². The first-order valence-corrected chi connectivity index (χ1v) is 7.68. The first-order valence-electron chi connectivity index (χ1n) is 7.68. The third-order valence-electron chi connectivity index (χ3n) is 3.96. The molecule has 0 saturated heterocycles. The van der Waals surface area contributed by atoms with Crippen LogP contribution < -0.4 is 11.1 Å². The zero-order valence-electron chi connectivity index (χ0n) is 12.2. The lowest BCUT2D eigenvalue weighted by atomic mass is 9.98. The molecule has 1 aliphatic rings. The van der Waals surface area contributed by atoms with Crippen LogP contribution in [-0.4, -0.2) is 29.2 Å². The molecule has 0 atom stereocenters. The van der Waals surface area contributed by atoms with Gasteiger partial charge in [-0.05, 0) is 31.0 Å². The van der Waals surface area contributed by atoms with Crippen LogP contribution in [0.15, 0.2) is 24.5 Å². The maximum Gasteiger partial charge on any atom is 0.137 e. The van der Waals surface area contributed by atoms with Gasteiger partial charge in [-0.15, -0.1) is 0 Å². The fraction of sp³-hybridized carbons (Fsp3) is 0.500. The Labute approximate surface area is 124 Å². The van der Waals surface area contributed by atoms with E-state index in [0.717, 1.165) is 23.3 Å². The average molecular weight is 286 g/mol. The number of nitrogen functional groups attached to an aromatic ring is 1. The third-order valence-corrected chi connectivity index (χ3v) is 3.96. The molecule has 0 spiro atoms. The zero-order valence-corrected chi connectivity index (χ0v) is 12.2. The van der Waals surface area contributed by atoms with Gasteiger partial charge in [0.15, 0.2) is 0 Å². The first kappa shape index (κ1) is 14.1. The van der Waals surface area contributed by atoms with Crippen molar-refractivity contribution in [2.45, 2.75) is 38.2 Å². The number of rotatable bonds is 5. The van der Waals surface area contributed by atoms with Crippen LogP contribution in [0.3, 0.4) is 0 Å². The lowest BCUT2D eigenvalue weighted by Gasteiger charge is -2.22. The second kappa shape index (κ2) is 6.72. The van der Waals surface area contributed by atoms with E-state index in [1.807, 2.05) is 18.2 Å². The summed E-state index contributed by atoms with van der Waals surface area (Å²) < 4.78 is 5.91. The molecule has 1 aromatic heterocycles. The van der Waals surface area contributed by atoms with Crippen molar-refractivity contribution in [1.29, 1.82) is 0 Å². The largest absolute Gasteiger partial charge is 0.399 e. The molecule has 112 valence electrons. The van der Waals surface area contributed by atoms with Gasteiger partial charge < -0.3 is 15.8 Å². The van der Waals surface area contributed by atoms with E-state index in [4.69, 9.17) is 10.5 Å². The number of ether oxygens (including phenoxy) is 1. The molecule has 1 fully saturated rings.